The minimum atomic E-state index is -4.68. The number of para-hydroxylation sites is 1. The molecule has 0 saturated carbocycles. The smallest absolute Gasteiger partial charge is 0.241 e. The molecule has 1 aliphatic heterocycles. The van der Waals surface area contributed by atoms with E-state index in [2.05, 4.69) is 59.1 Å². The van der Waals surface area contributed by atoms with Crippen LogP contribution in [-0.2, 0) is 10.3 Å². The van der Waals surface area contributed by atoms with E-state index in [4.69, 9.17) is 0 Å². The third-order valence-electron chi connectivity index (χ3n) is 7.70. The van der Waals surface area contributed by atoms with E-state index in [0.717, 1.165) is 32.2 Å². The van der Waals surface area contributed by atoms with Crippen LogP contribution in [0.3, 0.4) is 0 Å². The molecule has 0 N–H and O–H groups in total. The van der Waals surface area contributed by atoms with Gasteiger partial charge in [0.15, 0.2) is 22.4 Å². The second-order valence-electron chi connectivity index (χ2n) is 10.0. The first-order chi connectivity index (χ1) is 18.8. The highest BCUT2D eigenvalue weighted by Gasteiger charge is 2.49. The average molecular weight is 540 g/mol. The van der Waals surface area contributed by atoms with Gasteiger partial charge in [-0.2, -0.15) is 0 Å². The van der Waals surface area contributed by atoms with Crippen molar-refractivity contribution in [2.75, 3.05) is 11.9 Å². The Hall–Kier alpha value is -3.78. The molecule has 0 amide bonds. The summed E-state index contributed by atoms with van der Waals surface area (Å²) in [5.74, 6) is 0. The van der Waals surface area contributed by atoms with Gasteiger partial charge in [0.2, 0.25) is 6.34 Å². The van der Waals surface area contributed by atoms with Crippen molar-refractivity contribution in [3.05, 3.63) is 138 Å². The Morgan fingerprint density at radius 3 is 1.87 bits per heavy atom. The number of hydrogen-bond acceptors (Lipinski definition) is 4. The lowest BCUT2D eigenvalue weighted by Crippen LogP contribution is -2.43. The number of hydrogen-bond donors (Lipinski definition) is 0. The van der Waals surface area contributed by atoms with Crippen molar-refractivity contribution in [2.24, 2.45) is 0 Å². The molecule has 4 atom stereocenters. The zero-order valence-corrected chi connectivity index (χ0v) is 23.1. The van der Waals surface area contributed by atoms with Gasteiger partial charge in [0, 0.05) is 18.2 Å². The molecule has 0 bridgehead atoms. The van der Waals surface area contributed by atoms with Gasteiger partial charge in [0.25, 0.3) is 0 Å². The largest absolute Gasteiger partial charge is 0.735 e. The van der Waals surface area contributed by atoms with Crippen LogP contribution in [0, 0.1) is 6.92 Å². The van der Waals surface area contributed by atoms with Crippen molar-refractivity contribution < 1.29 is 17.5 Å². The first-order valence-corrected chi connectivity index (χ1v) is 14.4. The summed E-state index contributed by atoms with van der Waals surface area (Å²) in [6.45, 7) is 3.90. The first kappa shape index (κ1) is 26.8. The fraction of sp³-hybridized carbons (Fsp3) is 0.219. The fourth-order valence-electron chi connectivity index (χ4n) is 5.66. The monoisotopic (exact) mass is 539 g/mol. The summed E-state index contributed by atoms with van der Waals surface area (Å²) >= 11 is 0. The van der Waals surface area contributed by atoms with Gasteiger partial charge in [0.1, 0.15) is 11.7 Å². The lowest BCUT2D eigenvalue weighted by atomic mass is 9.90. The maximum Gasteiger partial charge on any atom is 0.241 e. The summed E-state index contributed by atoms with van der Waals surface area (Å²) < 4.78 is 39.8. The van der Waals surface area contributed by atoms with Crippen LogP contribution in [0.4, 0.5) is 5.69 Å². The summed E-state index contributed by atoms with van der Waals surface area (Å²) in [7, 11) is -3.31. The first-order valence-electron chi connectivity index (χ1n) is 13.1. The third-order valence-corrected chi connectivity index (χ3v) is 8.74. The molecule has 0 fully saturated rings. The third kappa shape index (κ3) is 5.39. The normalized spacial score (nSPS) is 19.1. The van der Waals surface area contributed by atoms with Crippen LogP contribution in [0.1, 0.15) is 47.3 Å². The zero-order chi connectivity index (χ0) is 27.6. The Kier molecular flexibility index (Phi) is 7.66. The van der Waals surface area contributed by atoms with E-state index in [1.165, 1.54) is 7.05 Å². The van der Waals surface area contributed by atoms with E-state index >= 15 is 0 Å². The summed E-state index contributed by atoms with van der Waals surface area (Å²) in [5.41, 5.74) is 5.36. The standard InChI is InChI=1S/C32H33N3O3S/c1-24-15-13-14-22-29(24)34-23-35(30(26-16-7-4-8-17-26)25(2)33(3)39(36,37)38)32(28-20-11-6-12-21-28)31(34)27-18-9-5-10-19-27/h4-23,25,30-32H,1-3H3/t25-,30-,31-,32-/m1/s1. The van der Waals surface area contributed by atoms with Crippen molar-refractivity contribution in [1.29, 1.82) is 0 Å². The summed E-state index contributed by atoms with van der Waals surface area (Å²) in [5, 5.41) is 0. The van der Waals surface area contributed by atoms with Gasteiger partial charge >= 0.3 is 0 Å². The summed E-state index contributed by atoms with van der Waals surface area (Å²) in [6.07, 6.45) is 2.11. The van der Waals surface area contributed by atoms with Crippen LogP contribution in [0.15, 0.2) is 115 Å². The number of aryl methyl sites for hydroxylation is 1. The minimum Gasteiger partial charge on any atom is -0.735 e. The molecular weight excluding hydrogens is 506 g/mol. The van der Waals surface area contributed by atoms with Crippen molar-refractivity contribution in [1.82, 2.24) is 4.31 Å². The SMILES string of the molecule is Cc1ccccc1N1C=[N+]([C@@H](c2ccccc2)[C@@H](C)N(C)S(=O)(=O)[O-])[C@H](c2ccccc2)[C@H]1c1ccccc1. The highest BCUT2D eigenvalue weighted by Crippen LogP contribution is 2.46. The maximum atomic E-state index is 12.2. The Bertz CT molecular complexity index is 1540. The molecule has 200 valence electrons. The Balaban J connectivity index is 1.78. The molecule has 0 spiro atoms. The van der Waals surface area contributed by atoms with E-state index in [9.17, 15) is 13.0 Å². The molecule has 0 saturated heterocycles. The molecule has 6 nitrogen and oxygen atoms in total. The van der Waals surface area contributed by atoms with Crippen LogP contribution in [0.2, 0.25) is 0 Å². The second-order valence-corrected chi connectivity index (χ2v) is 11.5. The number of rotatable bonds is 8. The highest BCUT2D eigenvalue weighted by molar-refractivity contribution is 7.83. The lowest BCUT2D eigenvalue weighted by molar-refractivity contribution is -0.610. The average Bonchev–Trinajstić information content (AvgIpc) is 3.33. The maximum absolute atomic E-state index is 12.2. The van der Waals surface area contributed by atoms with Gasteiger partial charge in [-0.05, 0) is 31.0 Å². The predicted octanol–water partition coefficient (Wildman–Crippen LogP) is 5.86. The topological polar surface area (TPSA) is 66.7 Å². The van der Waals surface area contributed by atoms with Gasteiger partial charge in [-0.1, -0.05) is 109 Å². The Morgan fingerprint density at radius 2 is 1.31 bits per heavy atom. The van der Waals surface area contributed by atoms with Gasteiger partial charge < -0.3 is 4.55 Å². The minimum absolute atomic E-state index is 0.109. The molecule has 5 rings (SSSR count). The number of benzene rings is 4. The summed E-state index contributed by atoms with van der Waals surface area (Å²) in [6, 6.07) is 37.4. The molecule has 7 heteroatoms. The predicted molar refractivity (Wildman–Crippen MR) is 154 cm³/mol. The van der Waals surface area contributed by atoms with Crippen molar-refractivity contribution in [2.45, 2.75) is 38.0 Å². The second kappa shape index (κ2) is 11.1. The zero-order valence-electron chi connectivity index (χ0n) is 22.3. The fourth-order valence-corrected chi connectivity index (χ4v) is 6.19. The van der Waals surface area contributed by atoms with E-state index in [1.807, 2.05) is 78.9 Å². The van der Waals surface area contributed by atoms with E-state index in [0.29, 0.717) is 0 Å². The lowest BCUT2D eigenvalue weighted by Gasteiger charge is -2.35. The Morgan fingerprint density at radius 1 is 0.795 bits per heavy atom. The molecule has 0 aromatic heterocycles. The molecule has 1 heterocycles. The van der Waals surface area contributed by atoms with Gasteiger partial charge in [-0.3, -0.25) is 0 Å². The van der Waals surface area contributed by atoms with Crippen molar-refractivity contribution in [3.8, 4) is 0 Å². The number of anilines is 1. The van der Waals surface area contributed by atoms with Crippen LogP contribution < -0.4 is 4.90 Å². The quantitative estimate of drug-likeness (QED) is 0.208. The molecule has 1 aliphatic rings. The molecule has 0 unspecified atom stereocenters. The van der Waals surface area contributed by atoms with E-state index in [-0.39, 0.29) is 12.1 Å². The van der Waals surface area contributed by atoms with E-state index < -0.39 is 22.4 Å². The molecule has 4 aromatic carbocycles. The van der Waals surface area contributed by atoms with Crippen molar-refractivity contribution >= 4 is 22.3 Å². The molecule has 39 heavy (non-hydrogen) atoms. The molecular formula is C32H33N3O3S. The van der Waals surface area contributed by atoms with Crippen LogP contribution >= 0.6 is 0 Å². The van der Waals surface area contributed by atoms with Crippen LogP contribution in [0.5, 0.6) is 0 Å². The van der Waals surface area contributed by atoms with E-state index in [1.54, 1.807) is 6.92 Å². The van der Waals surface area contributed by atoms with Gasteiger partial charge in [-0.25, -0.2) is 22.2 Å². The number of nitrogens with zero attached hydrogens (tertiary/aromatic N) is 3. The van der Waals surface area contributed by atoms with Gasteiger partial charge in [0.05, 0.1) is 6.04 Å². The molecule has 0 aliphatic carbocycles. The molecule has 0 radical (unpaired) electrons. The van der Waals surface area contributed by atoms with Crippen LogP contribution in [0.25, 0.3) is 0 Å². The van der Waals surface area contributed by atoms with Crippen LogP contribution in [-0.4, -0.2) is 41.3 Å². The highest BCUT2D eigenvalue weighted by atomic mass is 32.2. The Labute approximate surface area is 231 Å². The molecule has 4 aromatic rings. The van der Waals surface area contributed by atoms with Crippen molar-refractivity contribution in [3.63, 3.8) is 0 Å². The summed E-state index contributed by atoms with van der Waals surface area (Å²) in [4.78, 5) is 2.29. The van der Waals surface area contributed by atoms with Gasteiger partial charge in [-0.15, -0.1) is 0 Å². The number of likely N-dealkylation sites (N-methyl/N-ethyl adjacent to an activating group) is 1.